The van der Waals surface area contributed by atoms with Crippen molar-refractivity contribution in [2.24, 2.45) is 0 Å². The summed E-state index contributed by atoms with van der Waals surface area (Å²) in [5, 5.41) is 0. The normalized spacial score (nSPS) is 16.4. The van der Waals surface area contributed by atoms with Gasteiger partial charge in [0.05, 0.1) is 5.69 Å². The molecular formula is C11H15N3O. The summed E-state index contributed by atoms with van der Waals surface area (Å²) in [5.41, 5.74) is 6.57. The fraction of sp³-hybridized carbons (Fsp3) is 0.455. The van der Waals surface area contributed by atoms with Crippen molar-refractivity contribution >= 4 is 11.6 Å². The lowest BCUT2D eigenvalue weighted by atomic mass is 10.1. The second kappa shape index (κ2) is 4.29. The van der Waals surface area contributed by atoms with E-state index in [-0.39, 0.29) is 5.91 Å². The summed E-state index contributed by atoms with van der Waals surface area (Å²) in [5.74, 6) is -0.0344. The number of likely N-dealkylation sites (tertiary alicyclic amines) is 1. The van der Waals surface area contributed by atoms with Gasteiger partial charge < -0.3 is 10.6 Å². The molecule has 0 atom stereocenters. The highest BCUT2D eigenvalue weighted by Crippen LogP contribution is 2.15. The first-order valence-electron chi connectivity index (χ1n) is 5.29. The van der Waals surface area contributed by atoms with Crippen LogP contribution < -0.4 is 5.73 Å². The minimum absolute atomic E-state index is 0.0344. The van der Waals surface area contributed by atoms with Crippen molar-refractivity contribution in [1.29, 1.82) is 0 Å². The molecule has 0 saturated carbocycles. The minimum Gasteiger partial charge on any atom is -0.397 e. The summed E-state index contributed by atoms with van der Waals surface area (Å²) in [6.45, 7) is 1.66. The second-order valence-electron chi connectivity index (χ2n) is 3.79. The molecule has 1 aliphatic rings. The molecule has 1 saturated heterocycles. The molecule has 15 heavy (non-hydrogen) atoms. The zero-order valence-electron chi connectivity index (χ0n) is 8.65. The molecule has 0 aromatic carbocycles. The molecule has 4 heteroatoms. The van der Waals surface area contributed by atoms with Gasteiger partial charge in [0, 0.05) is 19.3 Å². The Morgan fingerprint density at radius 3 is 2.73 bits per heavy atom. The van der Waals surface area contributed by atoms with Crippen molar-refractivity contribution in [1.82, 2.24) is 9.88 Å². The van der Waals surface area contributed by atoms with Crippen molar-refractivity contribution in [2.75, 3.05) is 18.8 Å². The predicted molar refractivity (Wildman–Crippen MR) is 58.4 cm³/mol. The Morgan fingerprint density at radius 2 is 2.07 bits per heavy atom. The molecule has 1 aromatic rings. The fourth-order valence-electron chi connectivity index (χ4n) is 1.84. The second-order valence-corrected chi connectivity index (χ2v) is 3.79. The van der Waals surface area contributed by atoms with Gasteiger partial charge >= 0.3 is 0 Å². The Labute approximate surface area is 89.1 Å². The maximum Gasteiger partial charge on any atom is 0.274 e. The molecule has 0 unspecified atom stereocenters. The monoisotopic (exact) mass is 205 g/mol. The molecule has 0 spiro atoms. The molecular weight excluding hydrogens is 190 g/mol. The van der Waals surface area contributed by atoms with Gasteiger partial charge in [-0.2, -0.15) is 0 Å². The molecule has 1 amide bonds. The molecule has 2 heterocycles. The third-order valence-electron chi connectivity index (χ3n) is 2.68. The van der Waals surface area contributed by atoms with E-state index >= 15 is 0 Å². The Morgan fingerprint density at radius 1 is 1.33 bits per heavy atom. The molecule has 1 aliphatic heterocycles. The van der Waals surface area contributed by atoms with Crippen LogP contribution >= 0.6 is 0 Å². The van der Waals surface area contributed by atoms with Crippen LogP contribution in [0.5, 0.6) is 0 Å². The summed E-state index contributed by atoms with van der Waals surface area (Å²) >= 11 is 0. The van der Waals surface area contributed by atoms with Gasteiger partial charge in [0.15, 0.2) is 5.69 Å². The number of pyridine rings is 1. The van der Waals surface area contributed by atoms with Crippen molar-refractivity contribution in [2.45, 2.75) is 19.3 Å². The summed E-state index contributed by atoms with van der Waals surface area (Å²) in [6.07, 6.45) is 4.98. The van der Waals surface area contributed by atoms with Gasteiger partial charge in [0.1, 0.15) is 0 Å². The molecule has 2 rings (SSSR count). The van der Waals surface area contributed by atoms with Gasteiger partial charge in [0.2, 0.25) is 0 Å². The van der Waals surface area contributed by atoms with Crippen LogP contribution in [0.25, 0.3) is 0 Å². The van der Waals surface area contributed by atoms with Crippen LogP contribution in [0.15, 0.2) is 18.3 Å². The van der Waals surface area contributed by atoms with Crippen molar-refractivity contribution in [3.05, 3.63) is 24.0 Å². The Kier molecular flexibility index (Phi) is 2.85. The fourth-order valence-corrected chi connectivity index (χ4v) is 1.84. The van der Waals surface area contributed by atoms with Crippen LogP contribution in [0, 0.1) is 0 Å². The molecule has 4 nitrogen and oxygen atoms in total. The van der Waals surface area contributed by atoms with Gasteiger partial charge in [-0.05, 0) is 31.4 Å². The lowest BCUT2D eigenvalue weighted by Crippen LogP contribution is -2.36. The zero-order valence-corrected chi connectivity index (χ0v) is 8.65. The average molecular weight is 205 g/mol. The number of nitrogens with zero attached hydrogens (tertiary/aromatic N) is 2. The lowest BCUT2D eigenvalue weighted by Gasteiger charge is -2.26. The first-order chi connectivity index (χ1) is 7.29. The standard InChI is InChI=1S/C11H15N3O/c12-9-5-4-6-13-10(9)11(15)14-7-2-1-3-8-14/h4-6H,1-3,7-8,12H2. The van der Waals surface area contributed by atoms with Crippen molar-refractivity contribution < 1.29 is 4.79 Å². The van der Waals surface area contributed by atoms with E-state index in [0.29, 0.717) is 11.4 Å². The minimum atomic E-state index is -0.0344. The number of nitrogens with two attached hydrogens (primary N) is 1. The van der Waals surface area contributed by atoms with Gasteiger partial charge in [-0.1, -0.05) is 0 Å². The van der Waals surface area contributed by atoms with Gasteiger partial charge in [0.25, 0.3) is 5.91 Å². The van der Waals surface area contributed by atoms with E-state index in [0.717, 1.165) is 25.9 Å². The molecule has 0 bridgehead atoms. The van der Waals surface area contributed by atoms with E-state index in [9.17, 15) is 4.79 Å². The van der Waals surface area contributed by atoms with E-state index in [4.69, 9.17) is 5.73 Å². The Bertz CT molecular complexity index is 359. The molecule has 0 radical (unpaired) electrons. The number of hydrogen-bond donors (Lipinski definition) is 1. The number of piperidine rings is 1. The molecule has 80 valence electrons. The zero-order chi connectivity index (χ0) is 10.7. The smallest absolute Gasteiger partial charge is 0.274 e. The summed E-state index contributed by atoms with van der Waals surface area (Å²) in [4.78, 5) is 17.9. The maximum atomic E-state index is 12.0. The number of nitrogen functional groups attached to an aromatic ring is 1. The number of amides is 1. The number of aromatic nitrogens is 1. The van der Waals surface area contributed by atoms with Crippen LogP contribution in [-0.4, -0.2) is 28.9 Å². The van der Waals surface area contributed by atoms with Crippen LogP contribution in [0.1, 0.15) is 29.8 Å². The summed E-state index contributed by atoms with van der Waals surface area (Å²) < 4.78 is 0. The highest BCUT2D eigenvalue weighted by molar-refractivity contribution is 5.97. The van der Waals surface area contributed by atoms with E-state index in [1.807, 2.05) is 4.90 Å². The van der Waals surface area contributed by atoms with Crippen LogP contribution in [0.4, 0.5) is 5.69 Å². The van der Waals surface area contributed by atoms with Crippen molar-refractivity contribution in [3.63, 3.8) is 0 Å². The highest BCUT2D eigenvalue weighted by atomic mass is 16.2. The number of anilines is 1. The van der Waals surface area contributed by atoms with Crippen LogP contribution in [-0.2, 0) is 0 Å². The topological polar surface area (TPSA) is 59.2 Å². The number of rotatable bonds is 1. The SMILES string of the molecule is Nc1cccnc1C(=O)N1CCCCC1. The molecule has 1 aromatic heterocycles. The molecule has 1 fully saturated rings. The van der Waals surface area contributed by atoms with Crippen molar-refractivity contribution in [3.8, 4) is 0 Å². The van der Waals surface area contributed by atoms with E-state index in [2.05, 4.69) is 4.98 Å². The van der Waals surface area contributed by atoms with Gasteiger partial charge in [-0.25, -0.2) is 4.98 Å². The first-order valence-corrected chi connectivity index (χ1v) is 5.29. The van der Waals surface area contributed by atoms with Gasteiger partial charge in [-0.3, -0.25) is 4.79 Å². The third kappa shape index (κ3) is 2.09. The Balaban J connectivity index is 2.16. The number of carbonyl (C=O) groups is 1. The number of carbonyl (C=O) groups excluding carboxylic acids is 1. The molecule has 0 aliphatic carbocycles. The predicted octanol–water partition coefficient (Wildman–Crippen LogP) is 1.29. The third-order valence-corrected chi connectivity index (χ3v) is 2.68. The number of hydrogen-bond acceptors (Lipinski definition) is 3. The largest absolute Gasteiger partial charge is 0.397 e. The van der Waals surface area contributed by atoms with E-state index in [1.54, 1.807) is 18.3 Å². The quantitative estimate of drug-likeness (QED) is 0.751. The van der Waals surface area contributed by atoms with E-state index < -0.39 is 0 Å². The van der Waals surface area contributed by atoms with E-state index in [1.165, 1.54) is 6.42 Å². The van der Waals surface area contributed by atoms with Crippen LogP contribution in [0.2, 0.25) is 0 Å². The summed E-state index contributed by atoms with van der Waals surface area (Å²) in [7, 11) is 0. The highest BCUT2D eigenvalue weighted by Gasteiger charge is 2.20. The van der Waals surface area contributed by atoms with Crippen LogP contribution in [0.3, 0.4) is 0 Å². The Hall–Kier alpha value is -1.58. The first kappa shape index (κ1) is 9.96. The summed E-state index contributed by atoms with van der Waals surface area (Å²) in [6, 6.07) is 3.45. The van der Waals surface area contributed by atoms with Gasteiger partial charge in [-0.15, -0.1) is 0 Å². The average Bonchev–Trinajstić information content (AvgIpc) is 2.30. The maximum absolute atomic E-state index is 12.0. The lowest BCUT2D eigenvalue weighted by molar-refractivity contribution is 0.0719. The molecule has 2 N–H and O–H groups in total.